The van der Waals surface area contributed by atoms with Gasteiger partial charge in [0.25, 0.3) is 5.56 Å². The lowest BCUT2D eigenvalue weighted by Gasteiger charge is -2.13. The number of rotatable bonds is 4. The molecule has 5 rings (SSSR count). The van der Waals surface area contributed by atoms with Gasteiger partial charge in [-0.1, -0.05) is 30.3 Å². The lowest BCUT2D eigenvalue weighted by Crippen LogP contribution is -2.38. The van der Waals surface area contributed by atoms with Gasteiger partial charge < -0.3 is 4.74 Å². The lowest BCUT2D eigenvalue weighted by atomic mass is 10.2. The fraction of sp³-hybridized carbons (Fsp3) is 0.0833. The fourth-order valence-corrected chi connectivity index (χ4v) is 4.86. The molecule has 2 aromatic heterocycles. The molecule has 0 aliphatic rings. The summed E-state index contributed by atoms with van der Waals surface area (Å²) in [5, 5.41) is 0.848. The second kappa shape index (κ2) is 7.52. The van der Waals surface area contributed by atoms with Crippen molar-refractivity contribution in [1.29, 1.82) is 0 Å². The molecule has 0 aliphatic carbocycles. The maximum absolute atomic E-state index is 13.6. The van der Waals surface area contributed by atoms with Crippen molar-refractivity contribution in [2.75, 3.05) is 7.11 Å². The molecule has 0 fully saturated rings. The van der Waals surface area contributed by atoms with Crippen LogP contribution in [0.5, 0.6) is 5.75 Å². The molecule has 0 unspecified atom stereocenters. The summed E-state index contributed by atoms with van der Waals surface area (Å²) < 4.78 is 22.8. The van der Waals surface area contributed by atoms with E-state index >= 15 is 0 Å². The molecule has 2 heterocycles. The standard InChI is InChI=1S/C24H17FN2O3S/c1-30-18-12-10-17(11-13-18)27-23(28)22-21(19-4-2-3-5-20(19)31-22)26(24(27)29)14-15-6-8-16(25)9-7-15/h2-13H,14H2,1H3. The first-order valence-corrected chi connectivity index (χ1v) is 10.4. The average molecular weight is 432 g/mol. The fourth-order valence-electron chi connectivity index (χ4n) is 3.73. The number of fused-ring (bicyclic) bond motifs is 3. The second-order valence-corrected chi connectivity index (χ2v) is 8.16. The molecule has 0 saturated heterocycles. The van der Waals surface area contributed by atoms with Crippen molar-refractivity contribution in [1.82, 2.24) is 9.13 Å². The number of hydrogen-bond acceptors (Lipinski definition) is 4. The summed E-state index contributed by atoms with van der Waals surface area (Å²) >= 11 is 1.36. The molecule has 0 radical (unpaired) electrons. The van der Waals surface area contributed by atoms with Gasteiger partial charge in [-0.25, -0.2) is 13.8 Å². The highest BCUT2D eigenvalue weighted by molar-refractivity contribution is 7.25. The lowest BCUT2D eigenvalue weighted by molar-refractivity contribution is 0.414. The summed E-state index contributed by atoms with van der Waals surface area (Å²) in [7, 11) is 1.56. The van der Waals surface area contributed by atoms with Gasteiger partial charge in [-0.3, -0.25) is 9.36 Å². The minimum atomic E-state index is -0.449. The predicted molar refractivity (Wildman–Crippen MR) is 121 cm³/mol. The molecule has 5 aromatic rings. The van der Waals surface area contributed by atoms with Crippen molar-refractivity contribution in [3.63, 3.8) is 0 Å². The summed E-state index contributed by atoms with van der Waals surface area (Å²) in [5.41, 5.74) is 1.02. The molecule has 0 atom stereocenters. The zero-order valence-corrected chi connectivity index (χ0v) is 17.4. The van der Waals surface area contributed by atoms with Gasteiger partial charge in [0.1, 0.15) is 16.3 Å². The van der Waals surface area contributed by atoms with Gasteiger partial charge in [0.15, 0.2) is 0 Å². The zero-order chi connectivity index (χ0) is 21.5. The predicted octanol–water partition coefficient (Wildman–Crippen LogP) is 4.56. The maximum atomic E-state index is 13.6. The molecule has 0 saturated carbocycles. The first kappa shape index (κ1) is 19.3. The molecule has 0 N–H and O–H groups in total. The Morgan fingerprint density at radius 2 is 1.65 bits per heavy atom. The molecule has 5 nitrogen and oxygen atoms in total. The number of benzene rings is 3. The number of ether oxygens (including phenoxy) is 1. The highest BCUT2D eigenvalue weighted by Gasteiger charge is 2.19. The van der Waals surface area contributed by atoms with Crippen LogP contribution >= 0.6 is 11.3 Å². The summed E-state index contributed by atoms with van der Waals surface area (Å²) in [4.78, 5) is 27.0. The molecule has 3 aromatic carbocycles. The van der Waals surface area contributed by atoms with Crippen molar-refractivity contribution < 1.29 is 9.13 Å². The molecule has 7 heteroatoms. The van der Waals surface area contributed by atoms with Crippen LogP contribution < -0.4 is 16.0 Å². The van der Waals surface area contributed by atoms with E-state index in [-0.39, 0.29) is 17.9 Å². The number of halogens is 1. The monoisotopic (exact) mass is 432 g/mol. The van der Waals surface area contributed by atoms with Crippen LogP contribution in [0.2, 0.25) is 0 Å². The summed E-state index contributed by atoms with van der Waals surface area (Å²) in [6.45, 7) is 0.215. The number of aromatic nitrogens is 2. The van der Waals surface area contributed by atoms with E-state index in [0.717, 1.165) is 15.6 Å². The molecule has 154 valence electrons. The molecular weight excluding hydrogens is 415 g/mol. The van der Waals surface area contributed by atoms with E-state index in [9.17, 15) is 14.0 Å². The molecule has 0 aliphatic heterocycles. The third-order valence-electron chi connectivity index (χ3n) is 5.24. The first-order valence-electron chi connectivity index (χ1n) is 9.63. The van der Waals surface area contributed by atoms with Gasteiger partial charge in [0, 0.05) is 10.1 Å². The van der Waals surface area contributed by atoms with Crippen molar-refractivity contribution >= 4 is 31.6 Å². The Balaban J connectivity index is 1.84. The molecule has 31 heavy (non-hydrogen) atoms. The van der Waals surface area contributed by atoms with Crippen molar-refractivity contribution in [3.8, 4) is 11.4 Å². The summed E-state index contributed by atoms with van der Waals surface area (Å²) in [6.07, 6.45) is 0. The van der Waals surface area contributed by atoms with Gasteiger partial charge >= 0.3 is 5.69 Å². The van der Waals surface area contributed by atoms with E-state index in [1.54, 1.807) is 48.1 Å². The number of thiophene rings is 1. The third kappa shape index (κ3) is 3.23. The van der Waals surface area contributed by atoms with Gasteiger partial charge in [0.05, 0.1) is 24.9 Å². The van der Waals surface area contributed by atoms with E-state index < -0.39 is 5.69 Å². The van der Waals surface area contributed by atoms with Crippen molar-refractivity contribution in [2.45, 2.75) is 6.54 Å². The van der Waals surface area contributed by atoms with Gasteiger partial charge in [-0.2, -0.15) is 0 Å². The zero-order valence-electron chi connectivity index (χ0n) is 16.5. The van der Waals surface area contributed by atoms with E-state index in [1.165, 1.54) is 28.0 Å². The van der Waals surface area contributed by atoms with Crippen LogP contribution in [-0.2, 0) is 6.54 Å². The Labute approximate surface area is 180 Å². The topological polar surface area (TPSA) is 53.2 Å². The highest BCUT2D eigenvalue weighted by atomic mass is 32.1. The quantitative estimate of drug-likeness (QED) is 0.418. The van der Waals surface area contributed by atoms with E-state index in [0.29, 0.717) is 21.7 Å². The maximum Gasteiger partial charge on any atom is 0.336 e. The Morgan fingerprint density at radius 1 is 0.935 bits per heavy atom. The van der Waals surface area contributed by atoms with E-state index in [1.807, 2.05) is 24.3 Å². The number of nitrogens with zero attached hydrogens (tertiary/aromatic N) is 2. The summed E-state index contributed by atoms with van der Waals surface area (Å²) in [6, 6.07) is 20.4. The van der Waals surface area contributed by atoms with E-state index in [2.05, 4.69) is 0 Å². The van der Waals surface area contributed by atoms with Gasteiger partial charge in [-0.15, -0.1) is 11.3 Å². The second-order valence-electron chi connectivity index (χ2n) is 7.11. The van der Waals surface area contributed by atoms with E-state index in [4.69, 9.17) is 4.74 Å². The summed E-state index contributed by atoms with van der Waals surface area (Å²) in [5.74, 6) is 0.289. The molecule has 0 bridgehead atoms. The van der Waals surface area contributed by atoms with Gasteiger partial charge in [0.2, 0.25) is 0 Å². The van der Waals surface area contributed by atoms with Crippen LogP contribution in [0.3, 0.4) is 0 Å². The number of hydrogen-bond donors (Lipinski definition) is 0. The molecule has 0 amide bonds. The van der Waals surface area contributed by atoms with Crippen LogP contribution in [0.25, 0.3) is 26.0 Å². The first-order chi connectivity index (χ1) is 15.1. The smallest absolute Gasteiger partial charge is 0.336 e. The largest absolute Gasteiger partial charge is 0.497 e. The highest BCUT2D eigenvalue weighted by Crippen LogP contribution is 2.31. The normalized spacial score (nSPS) is 11.3. The molecular formula is C24H17FN2O3S. The van der Waals surface area contributed by atoms with Gasteiger partial charge in [-0.05, 0) is 48.0 Å². The van der Waals surface area contributed by atoms with Crippen LogP contribution in [0.15, 0.2) is 82.4 Å². The number of methoxy groups -OCH3 is 1. The van der Waals surface area contributed by atoms with Crippen molar-refractivity contribution in [2.24, 2.45) is 0 Å². The minimum absolute atomic E-state index is 0.215. The molecule has 0 spiro atoms. The Hall–Kier alpha value is -3.71. The van der Waals surface area contributed by atoms with Crippen LogP contribution in [0.4, 0.5) is 4.39 Å². The SMILES string of the molecule is COc1ccc(-n2c(=O)c3sc4ccccc4c3n(Cc3ccc(F)cc3)c2=O)cc1. The average Bonchev–Trinajstić information content (AvgIpc) is 3.18. The van der Waals surface area contributed by atoms with Crippen molar-refractivity contribution in [3.05, 3.63) is 105 Å². The third-order valence-corrected chi connectivity index (χ3v) is 6.39. The Morgan fingerprint density at radius 3 is 2.35 bits per heavy atom. The Bertz CT molecular complexity index is 1530. The minimum Gasteiger partial charge on any atom is -0.497 e. The van der Waals surface area contributed by atoms with Crippen LogP contribution in [-0.4, -0.2) is 16.2 Å². The van der Waals surface area contributed by atoms with Crippen LogP contribution in [0.1, 0.15) is 5.56 Å². The van der Waals surface area contributed by atoms with Crippen LogP contribution in [0, 0.1) is 5.82 Å². The Kier molecular flexibility index (Phi) is 4.67.